The van der Waals surface area contributed by atoms with Crippen molar-refractivity contribution < 1.29 is 18.2 Å². The molecule has 3 aromatic rings. The second-order valence-electron chi connectivity index (χ2n) is 7.75. The molecule has 2 aromatic heterocycles. The molecule has 1 N–H and O–H groups in total. The number of aliphatic hydroxyl groups is 1. The van der Waals surface area contributed by atoms with Gasteiger partial charge in [-0.05, 0) is 47.6 Å². The molecule has 9 nitrogen and oxygen atoms in total. The van der Waals surface area contributed by atoms with Gasteiger partial charge in [-0.2, -0.15) is 4.31 Å². The van der Waals surface area contributed by atoms with Crippen LogP contribution >= 0.6 is 0 Å². The first-order valence-corrected chi connectivity index (χ1v) is 10.8. The molecule has 2 fully saturated rings. The summed E-state index contributed by atoms with van der Waals surface area (Å²) in [6.07, 6.45) is 5.77. The van der Waals surface area contributed by atoms with Gasteiger partial charge in [0.15, 0.2) is 5.52 Å². The van der Waals surface area contributed by atoms with Crippen LogP contribution < -0.4 is 0 Å². The quantitative estimate of drug-likeness (QED) is 0.700. The highest BCUT2D eigenvalue weighted by Gasteiger charge is 2.53. The summed E-state index contributed by atoms with van der Waals surface area (Å²) in [5, 5.41) is 19.0. The van der Waals surface area contributed by atoms with Crippen molar-refractivity contribution in [3.8, 4) is 0 Å². The molecule has 10 heteroatoms. The minimum atomic E-state index is -3.79. The van der Waals surface area contributed by atoms with Crippen LogP contribution in [0.1, 0.15) is 25.1 Å². The van der Waals surface area contributed by atoms with E-state index in [1.165, 1.54) is 10.4 Å². The summed E-state index contributed by atoms with van der Waals surface area (Å²) in [6.45, 7) is 0.624. The molecule has 1 saturated carbocycles. The van der Waals surface area contributed by atoms with Crippen LogP contribution in [-0.2, 0) is 22.7 Å². The fourth-order valence-corrected chi connectivity index (χ4v) is 6.53. The molecule has 0 unspecified atom stereocenters. The van der Waals surface area contributed by atoms with E-state index in [9.17, 15) is 13.5 Å². The number of aromatic nitrogens is 4. The molecule has 0 bridgehead atoms. The second kappa shape index (κ2) is 6.10. The summed E-state index contributed by atoms with van der Waals surface area (Å²) >= 11 is 0. The maximum absolute atomic E-state index is 13.4. The predicted molar refractivity (Wildman–Crippen MR) is 98.5 cm³/mol. The molecule has 1 aliphatic carbocycles. The van der Waals surface area contributed by atoms with Gasteiger partial charge in [-0.3, -0.25) is 0 Å². The number of fused-ring (bicyclic) bond motifs is 2. The normalized spacial score (nSPS) is 28.6. The smallest absolute Gasteiger partial charge is 0.245 e. The minimum Gasteiger partial charge on any atom is -0.382 e. The third kappa shape index (κ3) is 2.44. The number of benzene rings is 1. The molecule has 0 spiro atoms. The van der Waals surface area contributed by atoms with Gasteiger partial charge in [-0.15, -0.1) is 0 Å². The summed E-state index contributed by atoms with van der Waals surface area (Å²) < 4.78 is 34.7. The van der Waals surface area contributed by atoms with Crippen LogP contribution in [0.2, 0.25) is 0 Å². The van der Waals surface area contributed by atoms with E-state index in [4.69, 9.17) is 4.63 Å². The van der Waals surface area contributed by atoms with Crippen molar-refractivity contribution in [2.75, 3.05) is 13.1 Å². The van der Waals surface area contributed by atoms with E-state index in [2.05, 4.69) is 15.3 Å². The standard InChI is InChI=1S/C18H21N5O4S/c1-22-9-8-19-17(22)18(24)7-3-4-12-10-23(11-13(12)18)28(25,26)15-6-2-5-14-16(15)21-27-20-14/h2,5-6,8-9,12-13,24H,3-4,7,10-11H2,1H3/t12-,13+,18+/m1/s1. The number of imidazole rings is 1. The zero-order chi connectivity index (χ0) is 19.5. The molecule has 28 heavy (non-hydrogen) atoms. The monoisotopic (exact) mass is 403 g/mol. The third-order valence-corrected chi connectivity index (χ3v) is 8.09. The highest BCUT2D eigenvalue weighted by molar-refractivity contribution is 7.89. The molecular weight excluding hydrogens is 382 g/mol. The fraction of sp³-hybridized carbons (Fsp3) is 0.500. The Bertz CT molecular complexity index is 1140. The minimum absolute atomic E-state index is 0.0832. The Balaban J connectivity index is 1.52. The van der Waals surface area contributed by atoms with Crippen LogP contribution in [0.5, 0.6) is 0 Å². The van der Waals surface area contributed by atoms with Gasteiger partial charge in [0.1, 0.15) is 21.8 Å². The van der Waals surface area contributed by atoms with Gasteiger partial charge < -0.3 is 9.67 Å². The van der Waals surface area contributed by atoms with Crippen LogP contribution in [0, 0.1) is 11.8 Å². The van der Waals surface area contributed by atoms with E-state index in [0.29, 0.717) is 24.3 Å². The van der Waals surface area contributed by atoms with E-state index in [1.54, 1.807) is 24.5 Å². The fourth-order valence-electron chi connectivity index (χ4n) is 4.87. The van der Waals surface area contributed by atoms with Gasteiger partial charge in [-0.25, -0.2) is 18.0 Å². The maximum atomic E-state index is 13.4. The van der Waals surface area contributed by atoms with Gasteiger partial charge >= 0.3 is 0 Å². The molecule has 1 aromatic carbocycles. The Morgan fingerprint density at radius 3 is 2.93 bits per heavy atom. The van der Waals surface area contributed by atoms with E-state index in [0.717, 1.165) is 12.8 Å². The van der Waals surface area contributed by atoms with Gasteiger partial charge in [0.2, 0.25) is 10.0 Å². The van der Waals surface area contributed by atoms with Crippen LogP contribution in [0.3, 0.4) is 0 Å². The first-order chi connectivity index (χ1) is 13.4. The lowest BCUT2D eigenvalue weighted by molar-refractivity contribution is -0.0728. The first-order valence-electron chi connectivity index (χ1n) is 9.33. The Morgan fingerprint density at radius 2 is 2.14 bits per heavy atom. The first kappa shape index (κ1) is 17.8. The number of sulfonamides is 1. The summed E-state index contributed by atoms with van der Waals surface area (Å²) in [5.41, 5.74) is -0.494. The van der Waals surface area contributed by atoms with Gasteiger partial charge in [-0.1, -0.05) is 6.07 Å². The molecular formula is C18H21N5O4S. The van der Waals surface area contributed by atoms with Crippen molar-refractivity contribution in [1.82, 2.24) is 24.2 Å². The molecule has 3 heterocycles. The molecule has 0 radical (unpaired) electrons. The number of hydrogen-bond acceptors (Lipinski definition) is 7. The van der Waals surface area contributed by atoms with Crippen molar-refractivity contribution in [2.24, 2.45) is 18.9 Å². The Labute approximate surface area is 162 Å². The summed E-state index contributed by atoms with van der Waals surface area (Å²) in [7, 11) is -1.94. The van der Waals surface area contributed by atoms with Crippen molar-refractivity contribution >= 4 is 21.1 Å². The lowest BCUT2D eigenvalue weighted by Crippen LogP contribution is -2.44. The van der Waals surface area contributed by atoms with Crippen LogP contribution in [0.15, 0.2) is 40.1 Å². The van der Waals surface area contributed by atoms with E-state index >= 15 is 0 Å². The van der Waals surface area contributed by atoms with Crippen molar-refractivity contribution in [2.45, 2.75) is 29.8 Å². The van der Waals surface area contributed by atoms with Gasteiger partial charge in [0.05, 0.1) is 0 Å². The Kier molecular flexibility index (Phi) is 3.87. The second-order valence-corrected chi connectivity index (χ2v) is 9.66. The molecule has 1 saturated heterocycles. The van der Waals surface area contributed by atoms with Crippen LogP contribution in [-0.4, -0.2) is 50.8 Å². The molecule has 3 atom stereocenters. The average Bonchev–Trinajstić information content (AvgIpc) is 3.40. The van der Waals surface area contributed by atoms with E-state index < -0.39 is 15.6 Å². The maximum Gasteiger partial charge on any atom is 0.245 e. The van der Waals surface area contributed by atoms with Crippen molar-refractivity contribution in [3.63, 3.8) is 0 Å². The van der Waals surface area contributed by atoms with Crippen LogP contribution in [0.25, 0.3) is 11.0 Å². The lowest BCUT2D eigenvalue weighted by Gasteiger charge is -2.40. The number of nitrogens with zero attached hydrogens (tertiary/aromatic N) is 5. The molecule has 5 rings (SSSR count). The van der Waals surface area contributed by atoms with Gasteiger partial charge in [0.25, 0.3) is 0 Å². The SMILES string of the molecule is Cn1ccnc1[C@]1(O)CCC[C@@H]2CN(S(=O)(=O)c3cccc4nonc34)C[C@@H]21. The molecule has 2 aliphatic rings. The van der Waals surface area contributed by atoms with Crippen molar-refractivity contribution in [3.05, 3.63) is 36.4 Å². The zero-order valence-corrected chi connectivity index (χ0v) is 16.2. The largest absolute Gasteiger partial charge is 0.382 e. The molecule has 148 valence electrons. The number of rotatable bonds is 3. The summed E-state index contributed by atoms with van der Waals surface area (Å²) in [5.74, 6) is 0.482. The molecule has 1 aliphatic heterocycles. The zero-order valence-electron chi connectivity index (χ0n) is 15.4. The Morgan fingerprint density at radius 1 is 1.29 bits per heavy atom. The Hall–Kier alpha value is -2.30. The number of hydrogen-bond donors (Lipinski definition) is 1. The topological polar surface area (TPSA) is 114 Å². The number of aryl methyl sites for hydroxylation is 1. The van der Waals surface area contributed by atoms with E-state index in [1.807, 2.05) is 11.6 Å². The lowest BCUT2D eigenvalue weighted by atomic mass is 9.70. The van der Waals surface area contributed by atoms with Crippen LogP contribution in [0.4, 0.5) is 0 Å². The van der Waals surface area contributed by atoms with Crippen molar-refractivity contribution in [1.29, 1.82) is 0 Å². The molecule has 0 amide bonds. The highest BCUT2D eigenvalue weighted by Crippen LogP contribution is 2.48. The summed E-state index contributed by atoms with van der Waals surface area (Å²) in [4.78, 5) is 4.45. The highest BCUT2D eigenvalue weighted by atomic mass is 32.2. The van der Waals surface area contributed by atoms with E-state index in [-0.39, 0.29) is 28.8 Å². The summed E-state index contributed by atoms with van der Waals surface area (Å²) in [6, 6.07) is 4.82. The predicted octanol–water partition coefficient (Wildman–Crippen LogP) is 1.26. The third-order valence-electron chi connectivity index (χ3n) is 6.23. The van der Waals surface area contributed by atoms with Gasteiger partial charge in [0, 0.05) is 38.4 Å². The average molecular weight is 403 g/mol.